The molecule has 1 fully saturated rings. The molecule has 3 heteroatoms. The highest BCUT2D eigenvalue weighted by Gasteiger charge is 2.26. The van der Waals surface area contributed by atoms with Crippen LogP contribution in [0.2, 0.25) is 0 Å². The van der Waals surface area contributed by atoms with E-state index in [9.17, 15) is 4.79 Å². The van der Waals surface area contributed by atoms with Crippen LogP contribution in [0.4, 0.5) is 0 Å². The predicted molar refractivity (Wildman–Crippen MR) is 62.2 cm³/mol. The molecule has 0 aromatic rings. The fourth-order valence-electron chi connectivity index (χ4n) is 1.83. The highest BCUT2D eigenvalue weighted by atomic mass is 79.9. The summed E-state index contributed by atoms with van der Waals surface area (Å²) in [6, 6.07) is 0.322. The molecule has 1 heterocycles. The molecule has 0 aromatic heterocycles. The number of hydrogen-bond donors (Lipinski definition) is 0. The van der Waals surface area contributed by atoms with Crippen molar-refractivity contribution in [1.82, 2.24) is 4.90 Å². The van der Waals surface area contributed by atoms with Crippen molar-refractivity contribution < 1.29 is 4.79 Å². The minimum Gasteiger partial charge on any atom is -0.335 e. The lowest BCUT2D eigenvalue weighted by Gasteiger charge is -2.35. The zero-order valence-electron chi connectivity index (χ0n) is 8.34. The molecule has 0 aliphatic carbocycles. The van der Waals surface area contributed by atoms with Crippen molar-refractivity contribution in [3.8, 4) is 0 Å². The Morgan fingerprint density at radius 1 is 1.71 bits per heavy atom. The average molecular weight is 258 g/mol. The Morgan fingerprint density at radius 3 is 3.00 bits per heavy atom. The molecular weight excluding hydrogens is 242 g/mol. The predicted octanol–water partition coefficient (Wildman–Crippen LogP) is 2.85. The molecule has 0 bridgehead atoms. The number of piperidine rings is 1. The molecule has 2 nitrogen and oxygen atoms in total. The number of carbonyl (C=O) groups excluding carboxylic acids is 1. The van der Waals surface area contributed by atoms with Gasteiger partial charge in [0.25, 0.3) is 0 Å². The van der Waals surface area contributed by atoms with Gasteiger partial charge in [-0.05, 0) is 19.3 Å². The van der Waals surface area contributed by atoms with Gasteiger partial charge in [0, 0.05) is 16.9 Å². The summed E-state index contributed by atoms with van der Waals surface area (Å²) in [5.74, 6) is 0.240. The van der Waals surface area contributed by atoms with Crippen molar-refractivity contribution in [2.24, 2.45) is 0 Å². The second-order valence-corrected chi connectivity index (χ2v) is 4.73. The van der Waals surface area contributed by atoms with Gasteiger partial charge >= 0.3 is 0 Å². The lowest BCUT2D eigenvalue weighted by molar-refractivity contribution is -0.135. The number of nitrogens with zero attached hydrogens (tertiary/aromatic N) is 1. The third-order valence-electron chi connectivity index (χ3n) is 2.47. The molecule has 78 valence electrons. The molecule has 1 aliphatic heterocycles. The summed E-state index contributed by atoms with van der Waals surface area (Å²) in [6.45, 7) is 8.12. The first-order chi connectivity index (χ1) is 6.65. The third kappa shape index (κ3) is 2.98. The average Bonchev–Trinajstić information content (AvgIpc) is 2.11. The van der Waals surface area contributed by atoms with Crippen LogP contribution < -0.4 is 0 Å². The van der Waals surface area contributed by atoms with Crippen LogP contribution in [0.15, 0.2) is 23.7 Å². The Morgan fingerprint density at radius 2 is 2.43 bits per heavy atom. The molecule has 14 heavy (non-hydrogen) atoms. The van der Waals surface area contributed by atoms with E-state index >= 15 is 0 Å². The van der Waals surface area contributed by atoms with Gasteiger partial charge in [0.1, 0.15) is 0 Å². The van der Waals surface area contributed by atoms with E-state index in [-0.39, 0.29) is 5.91 Å². The molecule has 1 amide bonds. The quantitative estimate of drug-likeness (QED) is 0.710. The van der Waals surface area contributed by atoms with Crippen molar-refractivity contribution in [2.75, 3.05) is 6.54 Å². The number of likely N-dealkylation sites (tertiary alicyclic amines) is 1. The molecule has 1 unspecified atom stereocenters. The van der Waals surface area contributed by atoms with Crippen LogP contribution in [0.25, 0.3) is 0 Å². The first-order valence-corrected chi connectivity index (χ1v) is 5.68. The summed E-state index contributed by atoms with van der Waals surface area (Å²) in [5.41, 5.74) is 0. The molecule has 0 spiro atoms. The van der Waals surface area contributed by atoms with Crippen LogP contribution >= 0.6 is 15.9 Å². The van der Waals surface area contributed by atoms with Crippen molar-refractivity contribution >= 4 is 21.8 Å². The number of halogens is 1. The van der Waals surface area contributed by atoms with Crippen LogP contribution in [0.3, 0.4) is 0 Å². The second kappa shape index (κ2) is 5.35. The molecule has 0 saturated carbocycles. The minimum absolute atomic E-state index is 0.240. The summed E-state index contributed by atoms with van der Waals surface area (Å²) in [7, 11) is 0. The van der Waals surface area contributed by atoms with Gasteiger partial charge in [0.2, 0.25) is 5.91 Å². The molecule has 0 N–H and O–H groups in total. The Labute approximate surface area is 93.8 Å². The van der Waals surface area contributed by atoms with Crippen molar-refractivity contribution in [3.63, 3.8) is 0 Å². The minimum atomic E-state index is 0.240. The van der Waals surface area contributed by atoms with Gasteiger partial charge in [-0.15, -0.1) is 6.58 Å². The van der Waals surface area contributed by atoms with Gasteiger partial charge in [0.15, 0.2) is 0 Å². The molecule has 1 saturated heterocycles. The maximum Gasteiger partial charge on any atom is 0.223 e. The summed E-state index contributed by atoms with van der Waals surface area (Å²) in [4.78, 5) is 13.5. The molecule has 1 aliphatic rings. The summed E-state index contributed by atoms with van der Waals surface area (Å²) in [5, 5.41) is 0. The van der Waals surface area contributed by atoms with Crippen LogP contribution in [0, 0.1) is 0 Å². The SMILES string of the molecule is C=CCC1CCCC(=O)N1CC(=C)Br. The second-order valence-electron chi connectivity index (χ2n) is 3.61. The van der Waals surface area contributed by atoms with E-state index in [1.165, 1.54) is 0 Å². The van der Waals surface area contributed by atoms with Crippen LogP contribution in [0.1, 0.15) is 25.7 Å². The lowest BCUT2D eigenvalue weighted by Crippen LogP contribution is -2.43. The number of amides is 1. The standard InChI is InChI=1S/C11H16BrNO/c1-3-5-10-6-4-7-11(14)13(10)8-9(2)12/h3,10H,1-2,4-8H2. The maximum atomic E-state index is 11.6. The molecule has 1 atom stereocenters. The van der Waals surface area contributed by atoms with Crippen molar-refractivity contribution in [2.45, 2.75) is 31.7 Å². The van der Waals surface area contributed by atoms with E-state index in [2.05, 4.69) is 29.1 Å². The molecule has 0 aromatic carbocycles. The zero-order chi connectivity index (χ0) is 10.6. The van der Waals surface area contributed by atoms with Gasteiger partial charge in [-0.2, -0.15) is 0 Å². The van der Waals surface area contributed by atoms with E-state index in [1.54, 1.807) is 0 Å². The van der Waals surface area contributed by atoms with E-state index in [4.69, 9.17) is 0 Å². The summed E-state index contributed by atoms with van der Waals surface area (Å²) < 4.78 is 0.863. The first kappa shape index (κ1) is 11.5. The Kier molecular flexibility index (Phi) is 4.39. The van der Waals surface area contributed by atoms with Gasteiger partial charge < -0.3 is 4.90 Å². The van der Waals surface area contributed by atoms with Crippen molar-refractivity contribution in [3.05, 3.63) is 23.7 Å². The van der Waals surface area contributed by atoms with E-state index < -0.39 is 0 Å². The molecule has 0 radical (unpaired) electrons. The fourth-order valence-corrected chi connectivity index (χ4v) is 2.10. The van der Waals surface area contributed by atoms with E-state index in [1.807, 2.05) is 11.0 Å². The van der Waals surface area contributed by atoms with Crippen molar-refractivity contribution in [1.29, 1.82) is 0 Å². The van der Waals surface area contributed by atoms with Gasteiger partial charge in [0.05, 0.1) is 6.54 Å². The molecule has 1 rings (SSSR count). The summed E-state index contributed by atoms with van der Waals surface area (Å²) >= 11 is 3.30. The number of rotatable bonds is 4. The Balaban J connectivity index is 2.64. The van der Waals surface area contributed by atoms with Gasteiger partial charge in [-0.1, -0.05) is 28.6 Å². The Bertz CT molecular complexity index is 250. The maximum absolute atomic E-state index is 11.6. The van der Waals surface area contributed by atoms with E-state index in [0.717, 1.165) is 23.7 Å². The lowest BCUT2D eigenvalue weighted by atomic mass is 9.99. The van der Waals surface area contributed by atoms with Gasteiger partial charge in [-0.25, -0.2) is 0 Å². The topological polar surface area (TPSA) is 20.3 Å². The van der Waals surface area contributed by atoms with Crippen LogP contribution in [-0.2, 0) is 4.79 Å². The smallest absolute Gasteiger partial charge is 0.223 e. The fraction of sp³-hybridized carbons (Fsp3) is 0.545. The van der Waals surface area contributed by atoms with E-state index in [0.29, 0.717) is 19.0 Å². The number of carbonyl (C=O) groups is 1. The molecular formula is C11H16BrNO. The summed E-state index contributed by atoms with van der Waals surface area (Å²) in [6.07, 6.45) is 5.52. The first-order valence-electron chi connectivity index (χ1n) is 4.88. The normalized spacial score (nSPS) is 22.2. The third-order valence-corrected chi connectivity index (χ3v) is 2.72. The number of hydrogen-bond acceptors (Lipinski definition) is 1. The van der Waals surface area contributed by atoms with Crippen LogP contribution in [-0.4, -0.2) is 23.4 Å². The highest BCUT2D eigenvalue weighted by Crippen LogP contribution is 2.22. The van der Waals surface area contributed by atoms with Gasteiger partial charge in [-0.3, -0.25) is 4.79 Å². The largest absolute Gasteiger partial charge is 0.335 e. The Hall–Kier alpha value is -0.570. The monoisotopic (exact) mass is 257 g/mol. The van der Waals surface area contributed by atoms with Crippen LogP contribution in [0.5, 0.6) is 0 Å². The zero-order valence-corrected chi connectivity index (χ0v) is 9.92. The highest BCUT2D eigenvalue weighted by molar-refractivity contribution is 9.11.